The van der Waals surface area contributed by atoms with Crippen LogP contribution in [-0.4, -0.2) is 62.3 Å². The number of ether oxygens (including phenoxy) is 2. The van der Waals surface area contributed by atoms with Crippen molar-refractivity contribution in [3.63, 3.8) is 0 Å². The fraction of sp³-hybridized carbons (Fsp3) is 0.939. The van der Waals surface area contributed by atoms with Crippen LogP contribution in [0.2, 0.25) is 0 Å². The quantitative estimate of drug-likeness (QED) is 0.0745. The molecule has 0 aliphatic heterocycles. The number of carbonyl (C=O) groups is 2. The minimum absolute atomic E-state index is 0.0212. The van der Waals surface area contributed by atoms with E-state index in [0.717, 1.165) is 45.3 Å². The third kappa shape index (κ3) is 24.4. The molecule has 0 atom stereocenters. The van der Waals surface area contributed by atoms with Crippen LogP contribution in [0.4, 0.5) is 0 Å². The lowest BCUT2D eigenvalue weighted by molar-refractivity contribution is -0.144. The highest BCUT2D eigenvalue weighted by Crippen LogP contribution is 2.11. The Morgan fingerprint density at radius 3 is 1.64 bits per heavy atom. The van der Waals surface area contributed by atoms with Gasteiger partial charge in [-0.2, -0.15) is 0 Å². The summed E-state index contributed by atoms with van der Waals surface area (Å²) in [4.78, 5) is 26.8. The number of amides is 1. The molecule has 1 amide bonds. The summed E-state index contributed by atoms with van der Waals surface area (Å²) in [7, 11) is 1.57. The number of unbranched alkanes of at least 4 members (excludes halogenated alkanes) is 15. The first kappa shape index (κ1) is 37.9. The van der Waals surface area contributed by atoms with Gasteiger partial charge < -0.3 is 19.7 Å². The molecule has 0 unspecified atom stereocenters. The van der Waals surface area contributed by atoms with Gasteiger partial charge in [0.25, 0.3) is 5.91 Å². The van der Waals surface area contributed by atoms with Crippen molar-refractivity contribution in [2.45, 2.75) is 162 Å². The second-order valence-electron chi connectivity index (χ2n) is 11.8. The minimum Gasteiger partial charge on any atom is -0.466 e. The summed E-state index contributed by atoms with van der Waals surface area (Å²) >= 11 is 0. The maximum atomic E-state index is 12.2. The summed E-state index contributed by atoms with van der Waals surface area (Å²) in [6, 6.07) is 0. The highest BCUT2D eigenvalue weighted by Gasteiger charge is 2.26. The third-order valence-corrected chi connectivity index (χ3v) is 7.69. The Kier molecular flexibility index (Phi) is 26.3. The average Bonchev–Trinajstić information content (AvgIpc) is 2.93. The van der Waals surface area contributed by atoms with Gasteiger partial charge in [-0.3, -0.25) is 9.59 Å². The predicted octanol–water partition coefficient (Wildman–Crippen LogP) is 8.21. The highest BCUT2D eigenvalue weighted by atomic mass is 16.5. The SMILES string of the molecule is CCCCCCCCCOC(=O)CCCCCCCN(CCCCCCCC)CCCNC(=O)C(C)(C)OC. The molecule has 1 N–H and O–H groups in total. The maximum absolute atomic E-state index is 12.2. The first-order valence-electron chi connectivity index (χ1n) is 16.6. The molecular weight excluding hydrogens is 488 g/mol. The zero-order valence-electron chi connectivity index (χ0n) is 26.8. The standard InChI is InChI=1S/C33H66N2O4/c1-6-8-10-12-14-19-23-30-39-31(36)25-20-16-15-18-22-28-35(27-21-17-13-11-9-7-2)29-24-26-34-32(37)33(3,4)38-5/h6-30H2,1-5H3,(H,34,37). The van der Waals surface area contributed by atoms with Crippen LogP contribution in [0.15, 0.2) is 0 Å². The van der Waals surface area contributed by atoms with Gasteiger partial charge >= 0.3 is 5.97 Å². The van der Waals surface area contributed by atoms with E-state index in [-0.39, 0.29) is 11.9 Å². The fourth-order valence-electron chi connectivity index (χ4n) is 4.71. The predicted molar refractivity (Wildman–Crippen MR) is 165 cm³/mol. The Hall–Kier alpha value is -1.14. The Balaban J connectivity index is 3.98. The van der Waals surface area contributed by atoms with Gasteiger partial charge in [0.05, 0.1) is 6.61 Å². The number of hydrogen-bond donors (Lipinski definition) is 1. The van der Waals surface area contributed by atoms with Crippen molar-refractivity contribution < 1.29 is 19.1 Å². The molecule has 0 fully saturated rings. The normalized spacial score (nSPS) is 11.7. The first-order valence-corrected chi connectivity index (χ1v) is 16.6. The summed E-state index contributed by atoms with van der Waals surface area (Å²) in [6.45, 7) is 12.7. The van der Waals surface area contributed by atoms with Crippen molar-refractivity contribution >= 4 is 11.9 Å². The zero-order valence-corrected chi connectivity index (χ0v) is 26.8. The van der Waals surface area contributed by atoms with Crippen LogP contribution in [0.1, 0.15) is 156 Å². The molecule has 0 saturated heterocycles. The highest BCUT2D eigenvalue weighted by molar-refractivity contribution is 5.84. The molecule has 0 spiro atoms. The van der Waals surface area contributed by atoms with E-state index in [4.69, 9.17) is 9.47 Å². The lowest BCUT2D eigenvalue weighted by Crippen LogP contribution is -2.44. The van der Waals surface area contributed by atoms with Gasteiger partial charge in [0.2, 0.25) is 0 Å². The molecule has 0 aromatic rings. The Morgan fingerprint density at radius 2 is 1.10 bits per heavy atom. The van der Waals surface area contributed by atoms with Crippen LogP contribution in [0, 0.1) is 0 Å². The number of hydrogen-bond acceptors (Lipinski definition) is 5. The van der Waals surface area contributed by atoms with Gasteiger partial charge in [0.15, 0.2) is 0 Å². The van der Waals surface area contributed by atoms with Crippen molar-refractivity contribution in [1.29, 1.82) is 0 Å². The molecule has 0 aliphatic rings. The van der Waals surface area contributed by atoms with E-state index in [1.807, 2.05) is 0 Å². The molecular formula is C33H66N2O4. The number of carbonyl (C=O) groups excluding carboxylic acids is 2. The molecule has 6 nitrogen and oxygen atoms in total. The summed E-state index contributed by atoms with van der Waals surface area (Å²) in [5, 5.41) is 3.02. The van der Waals surface area contributed by atoms with E-state index in [2.05, 4.69) is 24.1 Å². The number of nitrogens with one attached hydrogen (secondary N) is 1. The Morgan fingerprint density at radius 1 is 0.641 bits per heavy atom. The molecule has 0 heterocycles. The van der Waals surface area contributed by atoms with E-state index >= 15 is 0 Å². The number of rotatable bonds is 29. The van der Waals surface area contributed by atoms with E-state index in [1.165, 1.54) is 96.3 Å². The van der Waals surface area contributed by atoms with Gasteiger partial charge in [-0.1, -0.05) is 104 Å². The van der Waals surface area contributed by atoms with Crippen molar-refractivity contribution in [2.24, 2.45) is 0 Å². The Bertz CT molecular complexity index is 568. The lowest BCUT2D eigenvalue weighted by atomic mass is 10.1. The molecule has 0 aliphatic carbocycles. The van der Waals surface area contributed by atoms with E-state index < -0.39 is 5.60 Å². The van der Waals surface area contributed by atoms with Crippen molar-refractivity contribution in [3.05, 3.63) is 0 Å². The molecule has 6 heteroatoms. The van der Waals surface area contributed by atoms with Gasteiger partial charge in [0, 0.05) is 20.1 Å². The summed E-state index contributed by atoms with van der Waals surface area (Å²) in [6.07, 6.45) is 23.7. The molecule has 232 valence electrons. The second kappa shape index (κ2) is 27.1. The van der Waals surface area contributed by atoms with Gasteiger partial charge in [-0.15, -0.1) is 0 Å². The molecule has 0 aromatic heterocycles. The van der Waals surface area contributed by atoms with E-state index in [9.17, 15) is 9.59 Å². The molecule has 0 radical (unpaired) electrons. The van der Waals surface area contributed by atoms with Gasteiger partial charge in [-0.05, 0) is 65.6 Å². The smallest absolute Gasteiger partial charge is 0.305 e. The fourth-order valence-corrected chi connectivity index (χ4v) is 4.71. The van der Waals surface area contributed by atoms with Crippen LogP contribution in [0.25, 0.3) is 0 Å². The van der Waals surface area contributed by atoms with E-state index in [1.54, 1.807) is 21.0 Å². The summed E-state index contributed by atoms with van der Waals surface area (Å²) in [5.74, 6) is -0.0683. The van der Waals surface area contributed by atoms with Crippen molar-refractivity contribution in [1.82, 2.24) is 10.2 Å². The largest absolute Gasteiger partial charge is 0.466 e. The zero-order chi connectivity index (χ0) is 29.0. The van der Waals surface area contributed by atoms with Crippen LogP contribution in [0.3, 0.4) is 0 Å². The molecule has 0 saturated carbocycles. The van der Waals surface area contributed by atoms with Crippen LogP contribution in [0.5, 0.6) is 0 Å². The Labute approximate surface area is 242 Å². The topological polar surface area (TPSA) is 67.9 Å². The molecule has 0 aromatic carbocycles. The van der Waals surface area contributed by atoms with Gasteiger partial charge in [-0.25, -0.2) is 0 Å². The number of esters is 1. The second-order valence-corrected chi connectivity index (χ2v) is 11.8. The number of methoxy groups -OCH3 is 1. The number of nitrogens with zero attached hydrogens (tertiary/aromatic N) is 1. The van der Waals surface area contributed by atoms with Gasteiger partial charge in [0.1, 0.15) is 5.60 Å². The maximum Gasteiger partial charge on any atom is 0.305 e. The van der Waals surface area contributed by atoms with Crippen molar-refractivity contribution in [2.75, 3.05) is 39.9 Å². The van der Waals surface area contributed by atoms with E-state index in [0.29, 0.717) is 19.6 Å². The first-order chi connectivity index (χ1) is 18.9. The van der Waals surface area contributed by atoms with Crippen molar-refractivity contribution in [3.8, 4) is 0 Å². The van der Waals surface area contributed by atoms with Crippen LogP contribution in [-0.2, 0) is 19.1 Å². The monoisotopic (exact) mass is 555 g/mol. The lowest BCUT2D eigenvalue weighted by Gasteiger charge is -2.24. The van der Waals surface area contributed by atoms with Crippen LogP contribution < -0.4 is 5.32 Å². The molecule has 0 rings (SSSR count). The van der Waals surface area contributed by atoms with Crippen LogP contribution >= 0.6 is 0 Å². The molecule has 0 bridgehead atoms. The molecule has 39 heavy (non-hydrogen) atoms. The summed E-state index contributed by atoms with van der Waals surface area (Å²) in [5.41, 5.74) is -0.775. The third-order valence-electron chi connectivity index (χ3n) is 7.69. The minimum atomic E-state index is -0.775. The summed E-state index contributed by atoms with van der Waals surface area (Å²) < 4.78 is 10.7. The average molecular weight is 555 g/mol.